The Hall–Kier alpha value is -1.10. The molecule has 0 spiro atoms. The molecule has 0 aliphatic carbocycles. The minimum absolute atomic E-state index is 0.346. The van der Waals surface area contributed by atoms with Gasteiger partial charge in [0.1, 0.15) is 18.5 Å². The molecule has 1 fully saturated rings. The largest absolute Gasteiger partial charge is 0.491 e. The predicted molar refractivity (Wildman–Crippen MR) is 93.4 cm³/mol. The van der Waals surface area contributed by atoms with Gasteiger partial charge in [-0.05, 0) is 61.0 Å². The average molecular weight is 364 g/mol. The summed E-state index contributed by atoms with van der Waals surface area (Å²) >= 11 is 3.48. The Balaban J connectivity index is 1.55. The highest BCUT2D eigenvalue weighted by Gasteiger charge is 2.15. The highest BCUT2D eigenvalue weighted by atomic mass is 79.9. The highest BCUT2D eigenvalue weighted by molar-refractivity contribution is 9.10. The van der Waals surface area contributed by atoms with Gasteiger partial charge in [-0.3, -0.25) is 0 Å². The van der Waals surface area contributed by atoms with Crippen LogP contribution in [-0.2, 0) is 0 Å². The SMILES string of the molecule is O[C@@H](COc1ccc2cc(Br)ccc2c1)CN1CCCCC1. The van der Waals surface area contributed by atoms with Crippen molar-refractivity contribution in [2.75, 3.05) is 26.2 Å². The lowest BCUT2D eigenvalue weighted by Crippen LogP contribution is -2.38. The molecule has 1 saturated heterocycles. The molecule has 1 atom stereocenters. The van der Waals surface area contributed by atoms with Crippen LogP contribution in [0.25, 0.3) is 10.8 Å². The summed E-state index contributed by atoms with van der Waals surface area (Å²) in [5.41, 5.74) is 0. The minimum Gasteiger partial charge on any atom is -0.491 e. The van der Waals surface area contributed by atoms with Crippen molar-refractivity contribution in [3.8, 4) is 5.75 Å². The molecule has 1 N–H and O–H groups in total. The molecule has 0 bridgehead atoms. The van der Waals surface area contributed by atoms with Crippen LogP contribution in [0.1, 0.15) is 19.3 Å². The van der Waals surface area contributed by atoms with Gasteiger partial charge in [0.2, 0.25) is 0 Å². The highest BCUT2D eigenvalue weighted by Crippen LogP contribution is 2.24. The van der Waals surface area contributed by atoms with Crippen LogP contribution in [0.3, 0.4) is 0 Å². The summed E-state index contributed by atoms with van der Waals surface area (Å²) in [6, 6.07) is 12.2. The van der Waals surface area contributed by atoms with E-state index in [1.165, 1.54) is 24.6 Å². The summed E-state index contributed by atoms with van der Waals surface area (Å²) in [7, 11) is 0. The number of aliphatic hydroxyl groups is 1. The zero-order valence-corrected chi connectivity index (χ0v) is 14.3. The Morgan fingerprint density at radius 2 is 1.77 bits per heavy atom. The van der Waals surface area contributed by atoms with E-state index in [4.69, 9.17) is 4.74 Å². The zero-order chi connectivity index (χ0) is 15.4. The number of hydrogen-bond acceptors (Lipinski definition) is 3. The normalized spacial score (nSPS) is 17.5. The molecule has 1 heterocycles. The van der Waals surface area contributed by atoms with Crippen molar-refractivity contribution in [1.82, 2.24) is 4.90 Å². The van der Waals surface area contributed by atoms with Crippen molar-refractivity contribution in [1.29, 1.82) is 0 Å². The third-order valence-corrected chi connectivity index (χ3v) is 4.63. The number of benzene rings is 2. The van der Waals surface area contributed by atoms with Crippen LogP contribution in [0.2, 0.25) is 0 Å². The van der Waals surface area contributed by atoms with Gasteiger partial charge in [-0.2, -0.15) is 0 Å². The number of likely N-dealkylation sites (tertiary alicyclic amines) is 1. The van der Waals surface area contributed by atoms with Crippen LogP contribution >= 0.6 is 15.9 Å². The van der Waals surface area contributed by atoms with Crippen LogP contribution in [0.5, 0.6) is 5.75 Å². The van der Waals surface area contributed by atoms with Gasteiger partial charge >= 0.3 is 0 Å². The van der Waals surface area contributed by atoms with Crippen molar-refractivity contribution in [3.63, 3.8) is 0 Å². The number of rotatable bonds is 5. The van der Waals surface area contributed by atoms with E-state index in [0.717, 1.165) is 28.7 Å². The summed E-state index contributed by atoms with van der Waals surface area (Å²) in [4.78, 5) is 2.33. The van der Waals surface area contributed by atoms with Crippen molar-refractivity contribution in [3.05, 3.63) is 40.9 Å². The molecule has 0 aromatic heterocycles. The Bertz CT molecular complexity index is 626. The number of piperidine rings is 1. The third-order valence-electron chi connectivity index (χ3n) is 4.13. The van der Waals surface area contributed by atoms with Crippen LogP contribution < -0.4 is 4.74 Å². The van der Waals surface area contributed by atoms with Gasteiger partial charge in [0.15, 0.2) is 0 Å². The van der Waals surface area contributed by atoms with Crippen molar-refractivity contribution >= 4 is 26.7 Å². The molecular formula is C18H22BrNO2. The van der Waals surface area contributed by atoms with E-state index in [1.54, 1.807) is 0 Å². The van der Waals surface area contributed by atoms with Crippen LogP contribution in [0.4, 0.5) is 0 Å². The van der Waals surface area contributed by atoms with Gasteiger partial charge in [0, 0.05) is 11.0 Å². The topological polar surface area (TPSA) is 32.7 Å². The molecule has 0 unspecified atom stereocenters. The molecule has 3 rings (SSSR count). The lowest BCUT2D eigenvalue weighted by Gasteiger charge is -2.28. The number of β-amino-alcohol motifs (C(OH)–C–C–N with tert-alkyl or cyclic N) is 1. The first-order chi connectivity index (χ1) is 10.7. The summed E-state index contributed by atoms with van der Waals surface area (Å²) in [6.45, 7) is 3.25. The average Bonchev–Trinajstić information content (AvgIpc) is 2.54. The molecule has 2 aromatic rings. The van der Waals surface area contributed by atoms with E-state index in [-0.39, 0.29) is 0 Å². The number of fused-ring (bicyclic) bond motifs is 1. The Labute approximate surface area is 140 Å². The van der Waals surface area contributed by atoms with Gasteiger partial charge in [-0.15, -0.1) is 0 Å². The second kappa shape index (κ2) is 7.44. The monoisotopic (exact) mass is 363 g/mol. The summed E-state index contributed by atoms with van der Waals surface area (Å²) < 4.78 is 6.83. The quantitative estimate of drug-likeness (QED) is 0.875. The number of halogens is 1. The van der Waals surface area contributed by atoms with E-state index in [0.29, 0.717) is 13.2 Å². The van der Waals surface area contributed by atoms with E-state index in [2.05, 4.69) is 33.0 Å². The predicted octanol–water partition coefficient (Wildman–Crippen LogP) is 3.83. The molecule has 4 heteroatoms. The second-order valence-corrected chi connectivity index (χ2v) is 6.90. The maximum Gasteiger partial charge on any atom is 0.120 e. The maximum atomic E-state index is 10.1. The standard InChI is InChI=1S/C18H22BrNO2/c19-16-6-4-15-11-18(7-5-14(15)10-16)22-13-17(21)12-20-8-2-1-3-9-20/h4-7,10-11,17,21H,1-3,8-9,12-13H2/t17-/m1/s1. The van der Waals surface area contributed by atoms with Gasteiger partial charge in [0.05, 0.1) is 0 Å². The Morgan fingerprint density at radius 1 is 1.05 bits per heavy atom. The molecule has 0 saturated carbocycles. The summed E-state index contributed by atoms with van der Waals surface area (Å²) in [6.07, 6.45) is 3.37. The maximum absolute atomic E-state index is 10.1. The van der Waals surface area contributed by atoms with Crippen LogP contribution in [0, 0.1) is 0 Å². The fraction of sp³-hybridized carbons (Fsp3) is 0.444. The summed E-state index contributed by atoms with van der Waals surface area (Å²) in [5.74, 6) is 0.813. The van der Waals surface area contributed by atoms with Gasteiger partial charge in [0.25, 0.3) is 0 Å². The number of aliphatic hydroxyl groups excluding tert-OH is 1. The van der Waals surface area contributed by atoms with Gasteiger partial charge in [-0.1, -0.05) is 34.5 Å². The first kappa shape index (κ1) is 15.8. The fourth-order valence-electron chi connectivity index (χ4n) is 2.97. The minimum atomic E-state index is -0.432. The molecule has 22 heavy (non-hydrogen) atoms. The molecule has 0 amide bonds. The summed E-state index contributed by atoms with van der Waals surface area (Å²) in [5, 5.41) is 12.5. The van der Waals surface area contributed by atoms with Gasteiger partial charge < -0.3 is 14.7 Å². The molecule has 0 radical (unpaired) electrons. The van der Waals surface area contributed by atoms with Crippen molar-refractivity contribution < 1.29 is 9.84 Å². The van der Waals surface area contributed by atoms with E-state index in [9.17, 15) is 5.11 Å². The number of nitrogens with zero attached hydrogens (tertiary/aromatic N) is 1. The first-order valence-corrected chi connectivity index (χ1v) is 8.72. The molecule has 2 aromatic carbocycles. The number of ether oxygens (including phenoxy) is 1. The molecule has 1 aliphatic heterocycles. The molecule has 1 aliphatic rings. The Morgan fingerprint density at radius 3 is 2.59 bits per heavy atom. The van der Waals surface area contributed by atoms with E-state index in [1.807, 2.05) is 24.3 Å². The Kier molecular flexibility index (Phi) is 5.34. The van der Waals surface area contributed by atoms with Crippen molar-refractivity contribution in [2.24, 2.45) is 0 Å². The van der Waals surface area contributed by atoms with E-state index < -0.39 is 6.10 Å². The molecular weight excluding hydrogens is 342 g/mol. The van der Waals surface area contributed by atoms with Gasteiger partial charge in [-0.25, -0.2) is 0 Å². The lowest BCUT2D eigenvalue weighted by molar-refractivity contribution is 0.0618. The van der Waals surface area contributed by atoms with Crippen LogP contribution in [0.15, 0.2) is 40.9 Å². The fourth-order valence-corrected chi connectivity index (χ4v) is 3.35. The first-order valence-electron chi connectivity index (χ1n) is 7.93. The molecule has 3 nitrogen and oxygen atoms in total. The number of hydrogen-bond donors (Lipinski definition) is 1. The van der Waals surface area contributed by atoms with E-state index >= 15 is 0 Å². The van der Waals surface area contributed by atoms with Crippen molar-refractivity contribution in [2.45, 2.75) is 25.4 Å². The smallest absolute Gasteiger partial charge is 0.120 e. The van der Waals surface area contributed by atoms with Crippen LogP contribution in [-0.4, -0.2) is 42.4 Å². The zero-order valence-electron chi connectivity index (χ0n) is 12.7. The lowest BCUT2D eigenvalue weighted by atomic mass is 10.1. The second-order valence-electron chi connectivity index (χ2n) is 5.98. The third kappa shape index (κ3) is 4.22. The molecule has 118 valence electrons.